The number of thioether (sulfide) groups is 1. The van der Waals surface area contributed by atoms with Crippen molar-refractivity contribution in [3.63, 3.8) is 0 Å². The summed E-state index contributed by atoms with van der Waals surface area (Å²) in [5.74, 6) is 0.667. The van der Waals surface area contributed by atoms with Gasteiger partial charge in [-0.25, -0.2) is 4.98 Å². The molecule has 0 bridgehead atoms. The first kappa shape index (κ1) is 19.3. The van der Waals surface area contributed by atoms with Crippen LogP contribution in [0.15, 0.2) is 76.3 Å². The minimum absolute atomic E-state index is 0.246. The summed E-state index contributed by atoms with van der Waals surface area (Å²) < 4.78 is 5.73. The van der Waals surface area contributed by atoms with Crippen LogP contribution >= 0.6 is 11.8 Å². The molecule has 0 saturated heterocycles. The zero-order valence-electron chi connectivity index (χ0n) is 16.8. The summed E-state index contributed by atoms with van der Waals surface area (Å²) >= 11 is 1.64. The summed E-state index contributed by atoms with van der Waals surface area (Å²) in [6.45, 7) is 2.07. The van der Waals surface area contributed by atoms with Crippen LogP contribution in [-0.2, 0) is 5.75 Å². The maximum Gasteiger partial charge on any atom is 0.291 e. The minimum atomic E-state index is -0.331. The van der Waals surface area contributed by atoms with Crippen molar-refractivity contribution in [1.82, 2.24) is 9.97 Å². The predicted octanol–water partition coefficient (Wildman–Crippen LogP) is 5.74. The Kier molecular flexibility index (Phi) is 4.88. The van der Waals surface area contributed by atoms with E-state index in [1.165, 1.54) is 5.56 Å². The number of nitrogens with one attached hydrogen (secondary N) is 2. The molecule has 31 heavy (non-hydrogen) atoms. The van der Waals surface area contributed by atoms with Crippen molar-refractivity contribution in [2.45, 2.75) is 17.8 Å². The maximum absolute atomic E-state index is 12.6. The van der Waals surface area contributed by atoms with Crippen LogP contribution in [0.4, 0.5) is 11.4 Å². The number of hydrogen-bond donors (Lipinski definition) is 3. The lowest BCUT2D eigenvalue weighted by Gasteiger charge is -2.05. The molecule has 5 aromatic rings. The Balaban J connectivity index is 1.31. The molecular formula is C24H20N4O2S. The van der Waals surface area contributed by atoms with Gasteiger partial charge in [-0.05, 0) is 60.5 Å². The molecule has 7 heteroatoms. The summed E-state index contributed by atoms with van der Waals surface area (Å²) in [5, 5.41) is 4.55. The number of H-pyrrole nitrogens is 1. The van der Waals surface area contributed by atoms with Crippen molar-refractivity contribution in [3.8, 4) is 0 Å². The number of hydrogen-bond acceptors (Lipinski definition) is 5. The summed E-state index contributed by atoms with van der Waals surface area (Å²) in [6.07, 6.45) is 0. The fraction of sp³-hybridized carbons (Fsp3) is 0.0833. The van der Waals surface area contributed by atoms with Crippen molar-refractivity contribution in [1.29, 1.82) is 0 Å². The van der Waals surface area contributed by atoms with Gasteiger partial charge in [-0.2, -0.15) is 0 Å². The number of fused-ring (bicyclic) bond motifs is 2. The molecule has 3 aromatic carbocycles. The van der Waals surface area contributed by atoms with Gasteiger partial charge < -0.3 is 20.5 Å². The van der Waals surface area contributed by atoms with Crippen LogP contribution in [0.3, 0.4) is 0 Å². The molecule has 2 heterocycles. The molecule has 0 atom stereocenters. The highest BCUT2D eigenvalue weighted by molar-refractivity contribution is 7.98. The maximum atomic E-state index is 12.6. The van der Waals surface area contributed by atoms with Gasteiger partial charge in [0.25, 0.3) is 5.91 Å². The van der Waals surface area contributed by atoms with Crippen LogP contribution in [0.25, 0.3) is 22.0 Å². The molecule has 0 aliphatic carbocycles. The Morgan fingerprint density at radius 3 is 2.87 bits per heavy atom. The van der Waals surface area contributed by atoms with Crippen LogP contribution in [0.2, 0.25) is 0 Å². The van der Waals surface area contributed by atoms with Crippen molar-refractivity contribution in [2.24, 2.45) is 0 Å². The SMILES string of the molecule is Cc1ccc2nc(SCc3ccc4oc(C(=O)Nc5ccccc5N)cc4c3)[nH]c2c1. The third kappa shape index (κ3) is 4.00. The Morgan fingerprint density at radius 1 is 1.13 bits per heavy atom. The van der Waals surface area contributed by atoms with Crippen LogP contribution in [-0.4, -0.2) is 15.9 Å². The van der Waals surface area contributed by atoms with Crippen LogP contribution in [0.5, 0.6) is 0 Å². The van der Waals surface area contributed by atoms with Crippen LogP contribution in [0, 0.1) is 6.92 Å². The number of rotatable bonds is 5. The zero-order chi connectivity index (χ0) is 21.4. The Hall–Kier alpha value is -3.71. The van der Waals surface area contributed by atoms with Gasteiger partial charge in [0.05, 0.1) is 22.4 Å². The number of aromatic nitrogens is 2. The number of carbonyl (C=O) groups excluding carboxylic acids is 1. The summed E-state index contributed by atoms with van der Waals surface area (Å²) in [5.41, 5.74) is 12.0. The summed E-state index contributed by atoms with van der Waals surface area (Å²) in [6, 6.07) is 21.0. The molecule has 0 saturated carbocycles. The highest BCUT2D eigenvalue weighted by Crippen LogP contribution is 2.27. The number of imidazole rings is 1. The third-order valence-electron chi connectivity index (χ3n) is 5.00. The predicted molar refractivity (Wildman–Crippen MR) is 125 cm³/mol. The number of furan rings is 1. The van der Waals surface area contributed by atoms with E-state index < -0.39 is 0 Å². The first-order valence-corrected chi connectivity index (χ1v) is 10.8. The van der Waals surface area contributed by atoms with E-state index in [2.05, 4.69) is 34.3 Å². The van der Waals surface area contributed by atoms with Crippen LogP contribution in [0.1, 0.15) is 21.7 Å². The van der Waals surface area contributed by atoms with Crippen LogP contribution < -0.4 is 11.1 Å². The minimum Gasteiger partial charge on any atom is -0.451 e. The second-order valence-corrected chi connectivity index (χ2v) is 8.34. The van der Waals surface area contributed by atoms with E-state index in [1.807, 2.05) is 36.4 Å². The molecule has 4 N–H and O–H groups in total. The molecular weight excluding hydrogens is 408 g/mol. The second kappa shape index (κ2) is 7.85. The van der Waals surface area contributed by atoms with Crippen molar-refractivity contribution in [3.05, 3.63) is 83.6 Å². The van der Waals surface area contributed by atoms with Gasteiger partial charge in [0.1, 0.15) is 5.58 Å². The van der Waals surface area contributed by atoms with Gasteiger partial charge in [-0.3, -0.25) is 4.79 Å². The monoisotopic (exact) mass is 428 g/mol. The number of nitrogen functional groups attached to an aromatic ring is 1. The molecule has 0 unspecified atom stereocenters. The number of para-hydroxylation sites is 2. The van der Waals surface area contributed by atoms with E-state index in [9.17, 15) is 4.79 Å². The Morgan fingerprint density at radius 2 is 2.00 bits per heavy atom. The quantitative estimate of drug-likeness (QED) is 0.245. The van der Waals surface area contributed by atoms with Gasteiger partial charge in [0.2, 0.25) is 0 Å². The third-order valence-corrected chi connectivity index (χ3v) is 5.95. The molecule has 0 aliphatic heterocycles. The number of benzene rings is 3. The van der Waals surface area contributed by atoms with E-state index in [-0.39, 0.29) is 11.7 Å². The first-order valence-electron chi connectivity index (χ1n) is 9.83. The van der Waals surface area contributed by atoms with Gasteiger partial charge in [0.15, 0.2) is 10.9 Å². The molecule has 2 aromatic heterocycles. The van der Waals surface area contributed by atoms with E-state index in [0.29, 0.717) is 17.0 Å². The lowest BCUT2D eigenvalue weighted by Crippen LogP contribution is -2.12. The summed E-state index contributed by atoms with van der Waals surface area (Å²) in [7, 11) is 0. The van der Waals surface area contributed by atoms with E-state index in [4.69, 9.17) is 10.2 Å². The highest BCUT2D eigenvalue weighted by atomic mass is 32.2. The van der Waals surface area contributed by atoms with Gasteiger partial charge >= 0.3 is 0 Å². The standard InChI is InChI=1S/C24H20N4O2S/c1-14-6-8-19-20(10-14)28-24(27-19)31-13-15-7-9-21-16(11-15)12-22(30-21)23(29)26-18-5-3-2-4-17(18)25/h2-12H,13,25H2,1H3,(H,26,29)(H,27,28). The number of aromatic amines is 1. The molecule has 0 spiro atoms. The average Bonchev–Trinajstić information content (AvgIpc) is 3.36. The normalized spacial score (nSPS) is 11.3. The number of nitrogens with zero attached hydrogens (tertiary/aromatic N) is 1. The lowest BCUT2D eigenvalue weighted by atomic mass is 10.2. The highest BCUT2D eigenvalue weighted by Gasteiger charge is 2.14. The van der Waals surface area contributed by atoms with Crippen molar-refractivity contribution in [2.75, 3.05) is 11.1 Å². The largest absolute Gasteiger partial charge is 0.451 e. The van der Waals surface area contributed by atoms with Gasteiger partial charge in [-0.1, -0.05) is 36.0 Å². The lowest BCUT2D eigenvalue weighted by molar-refractivity contribution is 0.0999. The second-order valence-electron chi connectivity index (χ2n) is 7.38. The zero-order valence-corrected chi connectivity index (χ0v) is 17.6. The van der Waals surface area contributed by atoms with Gasteiger partial charge in [-0.15, -0.1) is 0 Å². The molecule has 0 fully saturated rings. The molecule has 5 rings (SSSR count). The van der Waals surface area contributed by atoms with E-state index in [0.717, 1.165) is 32.9 Å². The van der Waals surface area contributed by atoms with Gasteiger partial charge in [0, 0.05) is 11.1 Å². The fourth-order valence-corrected chi connectivity index (χ4v) is 4.24. The smallest absolute Gasteiger partial charge is 0.291 e. The molecule has 1 amide bonds. The number of carbonyl (C=O) groups is 1. The van der Waals surface area contributed by atoms with Crippen molar-refractivity contribution < 1.29 is 9.21 Å². The Bertz CT molecular complexity index is 1420. The fourth-order valence-electron chi connectivity index (χ4n) is 3.41. The average molecular weight is 429 g/mol. The van der Waals surface area contributed by atoms with Crippen molar-refractivity contribution >= 4 is 51.0 Å². The molecule has 6 nitrogen and oxygen atoms in total. The number of amides is 1. The summed E-state index contributed by atoms with van der Waals surface area (Å²) in [4.78, 5) is 20.6. The van der Waals surface area contributed by atoms with E-state index in [1.54, 1.807) is 30.0 Å². The molecule has 0 radical (unpaired) electrons. The topological polar surface area (TPSA) is 96.9 Å². The number of anilines is 2. The molecule has 0 aliphatic rings. The first-order chi connectivity index (χ1) is 15.0. The van der Waals surface area contributed by atoms with E-state index >= 15 is 0 Å². The number of nitrogens with two attached hydrogens (primary N) is 1. The molecule has 154 valence electrons. The Labute approximate surface area is 182 Å². The number of aryl methyl sites for hydroxylation is 1.